The van der Waals surface area contributed by atoms with Gasteiger partial charge in [-0.2, -0.15) is 0 Å². The Balaban J connectivity index is 2.12. The summed E-state index contributed by atoms with van der Waals surface area (Å²) in [6.45, 7) is 0. The van der Waals surface area contributed by atoms with Gasteiger partial charge in [0.25, 0.3) is 5.56 Å². The molecule has 0 fully saturated rings. The van der Waals surface area contributed by atoms with Gasteiger partial charge in [0.15, 0.2) is 0 Å². The van der Waals surface area contributed by atoms with Crippen LogP contribution in [0.2, 0.25) is 5.02 Å². The lowest BCUT2D eigenvalue weighted by Gasteiger charge is -2.14. The first-order valence-corrected chi connectivity index (χ1v) is 6.60. The summed E-state index contributed by atoms with van der Waals surface area (Å²) in [5, 5.41) is 0.0258. The molecule has 1 heterocycles. The van der Waals surface area contributed by atoms with E-state index >= 15 is 0 Å². The van der Waals surface area contributed by atoms with Crippen molar-refractivity contribution >= 4 is 11.6 Å². The van der Waals surface area contributed by atoms with Gasteiger partial charge in [-0.05, 0) is 43.9 Å². The zero-order valence-corrected chi connectivity index (χ0v) is 10.9. The van der Waals surface area contributed by atoms with Crippen LogP contribution in [0.15, 0.2) is 23.0 Å². The number of hydrogen-bond acceptors (Lipinski definition) is 2. The topological polar surface area (TPSA) is 45.8 Å². The van der Waals surface area contributed by atoms with Gasteiger partial charge >= 0.3 is 0 Å². The normalized spacial score (nSPS) is 14.2. The highest BCUT2D eigenvalue weighted by Gasteiger charge is 2.16. The summed E-state index contributed by atoms with van der Waals surface area (Å²) in [5.74, 6) is -0.0294. The molecule has 0 spiro atoms. The molecule has 0 radical (unpaired) electrons. The van der Waals surface area contributed by atoms with Gasteiger partial charge in [0.2, 0.25) is 0 Å². The lowest BCUT2D eigenvalue weighted by atomic mass is 9.97. The van der Waals surface area contributed by atoms with Crippen molar-refractivity contribution in [2.45, 2.75) is 25.7 Å². The molecule has 1 aromatic heterocycles. The highest BCUT2D eigenvalue weighted by molar-refractivity contribution is 6.31. The van der Waals surface area contributed by atoms with Crippen LogP contribution in [0.4, 0.5) is 4.39 Å². The van der Waals surface area contributed by atoms with Gasteiger partial charge in [-0.1, -0.05) is 11.6 Å². The quantitative estimate of drug-likeness (QED) is 0.871. The van der Waals surface area contributed by atoms with Crippen molar-refractivity contribution in [2.24, 2.45) is 0 Å². The molecule has 0 unspecified atom stereocenters. The molecule has 3 rings (SSSR count). The van der Waals surface area contributed by atoms with Gasteiger partial charge < -0.3 is 4.98 Å². The van der Waals surface area contributed by atoms with Crippen LogP contribution in [-0.2, 0) is 12.8 Å². The largest absolute Gasteiger partial charge is 0.306 e. The van der Waals surface area contributed by atoms with Crippen LogP contribution >= 0.6 is 11.6 Å². The van der Waals surface area contributed by atoms with E-state index in [-0.39, 0.29) is 10.6 Å². The lowest BCUT2D eigenvalue weighted by molar-refractivity contribution is 0.628. The molecule has 0 aliphatic heterocycles. The number of nitrogens with zero attached hydrogens (tertiary/aromatic N) is 1. The summed E-state index contributed by atoms with van der Waals surface area (Å²) in [4.78, 5) is 19.2. The van der Waals surface area contributed by atoms with Crippen molar-refractivity contribution in [3.05, 3.63) is 50.7 Å². The first-order chi connectivity index (χ1) is 9.15. The van der Waals surface area contributed by atoms with E-state index in [2.05, 4.69) is 9.97 Å². The van der Waals surface area contributed by atoms with Gasteiger partial charge in [-0.3, -0.25) is 4.79 Å². The minimum atomic E-state index is -0.481. The van der Waals surface area contributed by atoms with Gasteiger partial charge in [-0.25, -0.2) is 9.37 Å². The molecule has 1 aliphatic rings. The second kappa shape index (κ2) is 4.78. The second-order valence-corrected chi connectivity index (χ2v) is 5.08. The number of benzene rings is 1. The molecular formula is C14H12ClFN2O. The number of hydrogen-bond donors (Lipinski definition) is 1. The minimum absolute atomic E-state index is 0.0258. The first-order valence-electron chi connectivity index (χ1n) is 6.22. The van der Waals surface area contributed by atoms with E-state index in [1.807, 2.05) is 0 Å². The summed E-state index contributed by atoms with van der Waals surface area (Å²) in [7, 11) is 0. The van der Waals surface area contributed by atoms with E-state index < -0.39 is 5.82 Å². The molecule has 3 nitrogen and oxygen atoms in total. The smallest absolute Gasteiger partial charge is 0.254 e. The van der Waals surface area contributed by atoms with Gasteiger partial charge in [0, 0.05) is 11.1 Å². The van der Waals surface area contributed by atoms with E-state index in [1.165, 1.54) is 12.1 Å². The fraction of sp³-hybridized carbons (Fsp3) is 0.286. The van der Waals surface area contributed by atoms with Crippen LogP contribution in [-0.4, -0.2) is 9.97 Å². The standard InChI is InChI=1S/C14H12ClFN2O/c15-10-7-8(5-6-11(10)16)13-17-12-4-2-1-3-9(12)14(19)18-13/h5-7H,1-4H2,(H,17,18,19). The zero-order valence-electron chi connectivity index (χ0n) is 10.2. The second-order valence-electron chi connectivity index (χ2n) is 4.68. The van der Waals surface area contributed by atoms with Gasteiger partial charge in [0.1, 0.15) is 11.6 Å². The molecule has 0 saturated heterocycles. The maximum Gasteiger partial charge on any atom is 0.254 e. The van der Waals surface area contributed by atoms with Crippen molar-refractivity contribution in [3.63, 3.8) is 0 Å². The van der Waals surface area contributed by atoms with Crippen molar-refractivity contribution in [1.82, 2.24) is 9.97 Å². The maximum absolute atomic E-state index is 13.1. The number of aryl methyl sites for hydroxylation is 1. The molecule has 5 heteroatoms. The monoisotopic (exact) mass is 278 g/mol. The van der Waals surface area contributed by atoms with Crippen LogP contribution in [0.25, 0.3) is 11.4 Å². The first kappa shape index (κ1) is 12.4. The Bertz CT molecular complexity index is 696. The molecule has 1 aliphatic carbocycles. The van der Waals surface area contributed by atoms with Crippen LogP contribution in [0.3, 0.4) is 0 Å². The Labute approximate surface area is 114 Å². The van der Waals surface area contributed by atoms with Gasteiger partial charge in [-0.15, -0.1) is 0 Å². The maximum atomic E-state index is 13.1. The average Bonchev–Trinajstić information content (AvgIpc) is 2.42. The molecule has 0 bridgehead atoms. The molecule has 0 saturated carbocycles. The number of fused-ring (bicyclic) bond motifs is 1. The molecule has 1 aromatic carbocycles. The molecule has 98 valence electrons. The molecule has 0 amide bonds. The Kier molecular flexibility index (Phi) is 3.11. The van der Waals surface area contributed by atoms with E-state index in [4.69, 9.17) is 11.6 Å². The predicted octanol–water partition coefficient (Wildman–Crippen LogP) is 3.11. The van der Waals surface area contributed by atoms with Crippen molar-refractivity contribution < 1.29 is 4.39 Å². The molecule has 1 N–H and O–H groups in total. The number of halogens is 2. The van der Waals surface area contributed by atoms with Gasteiger partial charge in [0.05, 0.1) is 10.7 Å². The number of rotatable bonds is 1. The van der Waals surface area contributed by atoms with E-state index in [0.29, 0.717) is 11.4 Å². The van der Waals surface area contributed by atoms with Crippen LogP contribution < -0.4 is 5.56 Å². The molecule has 0 atom stereocenters. The van der Waals surface area contributed by atoms with Crippen LogP contribution in [0.5, 0.6) is 0 Å². The Morgan fingerprint density at radius 3 is 2.84 bits per heavy atom. The van der Waals surface area contributed by atoms with E-state index in [1.54, 1.807) is 6.07 Å². The highest BCUT2D eigenvalue weighted by atomic mass is 35.5. The van der Waals surface area contributed by atoms with E-state index in [9.17, 15) is 9.18 Å². The SMILES string of the molecule is O=c1[nH]c(-c2ccc(F)c(Cl)c2)nc2c1CCCC2. The van der Waals surface area contributed by atoms with Crippen LogP contribution in [0, 0.1) is 5.82 Å². The lowest BCUT2D eigenvalue weighted by Crippen LogP contribution is -2.21. The average molecular weight is 279 g/mol. The molecule has 19 heavy (non-hydrogen) atoms. The zero-order chi connectivity index (χ0) is 13.4. The Morgan fingerprint density at radius 2 is 2.05 bits per heavy atom. The summed E-state index contributed by atoms with van der Waals surface area (Å²) in [5.41, 5.74) is 2.16. The third-order valence-corrected chi connectivity index (χ3v) is 3.67. The molecule has 2 aromatic rings. The van der Waals surface area contributed by atoms with Crippen molar-refractivity contribution in [2.75, 3.05) is 0 Å². The Morgan fingerprint density at radius 1 is 1.26 bits per heavy atom. The van der Waals surface area contributed by atoms with Crippen molar-refractivity contribution in [3.8, 4) is 11.4 Å². The number of H-pyrrole nitrogens is 1. The van der Waals surface area contributed by atoms with Crippen LogP contribution in [0.1, 0.15) is 24.1 Å². The predicted molar refractivity (Wildman–Crippen MR) is 71.9 cm³/mol. The number of nitrogens with one attached hydrogen (secondary N) is 1. The third kappa shape index (κ3) is 2.28. The fourth-order valence-electron chi connectivity index (χ4n) is 2.38. The summed E-state index contributed by atoms with van der Waals surface area (Å²) in [6.07, 6.45) is 3.68. The minimum Gasteiger partial charge on any atom is -0.306 e. The van der Waals surface area contributed by atoms with E-state index in [0.717, 1.165) is 36.9 Å². The summed E-state index contributed by atoms with van der Waals surface area (Å²) < 4.78 is 13.1. The molecular weight excluding hydrogens is 267 g/mol. The van der Waals surface area contributed by atoms with Crippen molar-refractivity contribution in [1.29, 1.82) is 0 Å². The number of aromatic amines is 1. The highest BCUT2D eigenvalue weighted by Crippen LogP contribution is 2.23. The number of aromatic nitrogens is 2. The third-order valence-electron chi connectivity index (χ3n) is 3.38. The Hall–Kier alpha value is -1.68. The fourth-order valence-corrected chi connectivity index (χ4v) is 2.56. The summed E-state index contributed by atoms with van der Waals surface area (Å²) >= 11 is 5.75. The summed E-state index contributed by atoms with van der Waals surface area (Å²) in [6, 6.07) is 4.32.